The normalized spacial score (nSPS) is 22.8. The molecule has 0 amide bonds. The molecule has 1 heterocycles. The summed E-state index contributed by atoms with van der Waals surface area (Å²) in [6.07, 6.45) is 1.10. The fraction of sp³-hybridized carbons (Fsp3) is 0.333. The van der Waals surface area contributed by atoms with Gasteiger partial charge in [0.25, 0.3) is 0 Å². The largest absolute Gasteiger partial charge is 0.126 e. The second-order valence-corrected chi connectivity index (χ2v) is 4.31. The zero-order valence-electron chi connectivity index (χ0n) is 6.09. The van der Waals surface area contributed by atoms with E-state index in [1.165, 1.54) is 10.5 Å². The highest BCUT2D eigenvalue weighted by Crippen LogP contribution is 2.39. The maximum atomic E-state index is 6.13. The molecule has 0 fully saturated rings. The van der Waals surface area contributed by atoms with Gasteiger partial charge >= 0.3 is 0 Å². The Morgan fingerprint density at radius 3 is 3.00 bits per heavy atom. The van der Waals surface area contributed by atoms with Gasteiger partial charge in [-0.15, -0.1) is 23.4 Å². The number of halogens is 1. The Morgan fingerprint density at radius 2 is 2.18 bits per heavy atom. The van der Waals surface area contributed by atoms with Crippen molar-refractivity contribution >= 4 is 23.4 Å². The van der Waals surface area contributed by atoms with Gasteiger partial charge < -0.3 is 0 Å². The molecule has 0 radical (unpaired) electrons. The maximum absolute atomic E-state index is 6.13. The van der Waals surface area contributed by atoms with Crippen LogP contribution in [0, 0.1) is 0 Å². The third kappa shape index (κ3) is 1.40. The fourth-order valence-electron chi connectivity index (χ4n) is 1.30. The number of hydrogen-bond donors (Lipinski definition) is 0. The molecule has 11 heavy (non-hydrogen) atoms. The third-order valence-electron chi connectivity index (χ3n) is 1.89. The third-order valence-corrected chi connectivity index (χ3v) is 3.46. The van der Waals surface area contributed by atoms with Gasteiger partial charge in [0.05, 0.1) is 5.38 Å². The number of alkyl halides is 1. The Labute approximate surface area is 75.9 Å². The summed E-state index contributed by atoms with van der Waals surface area (Å²) in [4.78, 5) is 1.36. The van der Waals surface area contributed by atoms with E-state index in [9.17, 15) is 0 Å². The monoisotopic (exact) mass is 184 g/mol. The van der Waals surface area contributed by atoms with E-state index in [0.717, 1.165) is 12.2 Å². The number of rotatable bonds is 0. The van der Waals surface area contributed by atoms with E-state index >= 15 is 0 Å². The minimum absolute atomic E-state index is 0.243. The van der Waals surface area contributed by atoms with Crippen molar-refractivity contribution in [1.82, 2.24) is 0 Å². The van der Waals surface area contributed by atoms with Crippen molar-refractivity contribution in [2.45, 2.75) is 16.7 Å². The Balaban J connectivity index is 2.44. The molecular weight excluding hydrogens is 176 g/mol. The molecule has 0 saturated carbocycles. The van der Waals surface area contributed by atoms with Crippen molar-refractivity contribution in [3.8, 4) is 0 Å². The molecule has 0 nitrogen and oxygen atoms in total. The molecule has 1 aliphatic rings. The summed E-state index contributed by atoms with van der Waals surface area (Å²) >= 11 is 8.04. The SMILES string of the molecule is ClC1CCSc2ccccc21. The second-order valence-electron chi connectivity index (χ2n) is 2.64. The topological polar surface area (TPSA) is 0 Å². The molecule has 0 aliphatic carbocycles. The van der Waals surface area contributed by atoms with E-state index < -0.39 is 0 Å². The predicted octanol–water partition coefficient (Wildman–Crippen LogP) is 3.46. The average Bonchev–Trinajstić information content (AvgIpc) is 2.06. The van der Waals surface area contributed by atoms with Crippen LogP contribution in [0.3, 0.4) is 0 Å². The van der Waals surface area contributed by atoms with Gasteiger partial charge in [-0.3, -0.25) is 0 Å². The van der Waals surface area contributed by atoms with Crippen LogP contribution in [0.15, 0.2) is 29.2 Å². The van der Waals surface area contributed by atoms with E-state index in [1.807, 2.05) is 11.8 Å². The molecule has 1 aromatic carbocycles. The molecule has 2 heteroatoms. The summed E-state index contributed by atoms with van der Waals surface area (Å²) < 4.78 is 0. The van der Waals surface area contributed by atoms with Crippen LogP contribution < -0.4 is 0 Å². The van der Waals surface area contributed by atoms with Crippen molar-refractivity contribution in [2.24, 2.45) is 0 Å². The standard InChI is InChI=1S/C9H9ClS/c10-8-5-6-11-9-4-2-1-3-7(8)9/h1-4,8H,5-6H2. The minimum atomic E-state index is 0.243. The summed E-state index contributed by atoms with van der Waals surface area (Å²) in [6.45, 7) is 0. The van der Waals surface area contributed by atoms with Gasteiger partial charge in [-0.25, -0.2) is 0 Å². The van der Waals surface area contributed by atoms with Crippen LogP contribution in [0.4, 0.5) is 0 Å². The van der Waals surface area contributed by atoms with Crippen LogP contribution in [-0.4, -0.2) is 5.75 Å². The van der Waals surface area contributed by atoms with Gasteiger partial charge in [-0.05, 0) is 23.8 Å². The quantitative estimate of drug-likeness (QED) is 0.557. The first kappa shape index (κ1) is 7.51. The summed E-state index contributed by atoms with van der Waals surface area (Å²) in [7, 11) is 0. The summed E-state index contributed by atoms with van der Waals surface area (Å²) in [5, 5.41) is 0.243. The van der Waals surface area contributed by atoms with Crippen molar-refractivity contribution in [3.05, 3.63) is 29.8 Å². The summed E-state index contributed by atoms with van der Waals surface area (Å²) in [5.41, 5.74) is 1.31. The highest BCUT2D eigenvalue weighted by atomic mass is 35.5. The molecule has 0 spiro atoms. The summed E-state index contributed by atoms with van der Waals surface area (Å²) in [6, 6.07) is 8.40. The second kappa shape index (κ2) is 3.08. The van der Waals surface area contributed by atoms with Crippen molar-refractivity contribution in [1.29, 1.82) is 0 Å². The van der Waals surface area contributed by atoms with E-state index in [4.69, 9.17) is 11.6 Å². The van der Waals surface area contributed by atoms with E-state index in [0.29, 0.717) is 0 Å². The molecule has 0 N–H and O–H groups in total. The number of thioether (sulfide) groups is 1. The van der Waals surface area contributed by atoms with Crippen LogP contribution in [0.25, 0.3) is 0 Å². The fourth-order valence-corrected chi connectivity index (χ4v) is 2.92. The van der Waals surface area contributed by atoms with E-state index in [1.54, 1.807) is 0 Å². The van der Waals surface area contributed by atoms with Gasteiger partial charge in [-0.1, -0.05) is 18.2 Å². The minimum Gasteiger partial charge on any atom is -0.126 e. The zero-order valence-corrected chi connectivity index (χ0v) is 7.66. The molecule has 0 saturated heterocycles. The van der Waals surface area contributed by atoms with Gasteiger partial charge in [-0.2, -0.15) is 0 Å². The first-order valence-corrected chi connectivity index (χ1v) is 5.16. The van der Waals surface area contributed by atoms with Crippen LogP contribution in [0.5, 0.6) is 0 Å². The Kier molecular flexibility index (Phi) is 2.10. The van der Waals surface area contributed by atoms with Crippen molar-refractivity contribution in [3.63, 3.8) is 0 Å². The molecule has 0 aromatic heterocycles. The lowest BCUT2D eigenvalue weighted by Gasteiger charge is -2.19. The van der Waals surface area contributed by atoms with Crippen molar-refractivity contribution in [2.75, 3.05) is 5.75 Å². The van der Waals surface area contributed by atoms with Crippen LogP contribution in [0.2, 0.25) is 0 Å². The Bertz CT molecular complexity index is 259. The zero-order chi connectivity index (χ0) is 7.68. The lowest BCUT2D eigenvalue weighted by Crippen LogP contribution is -2.00. The van der Waals surface area contributed by atoms with Crippen LogP contribution in [-0.2, 0) is 0 Å². The van der Waals surface area contributed by atoms with Gasteiger partial charge in [0, 0.05) is 4.90 Å². The first-order chi connectivity index (χ1) is 5.38. The molecule has 1 atom stereocenters. The molecule has 1 unspecified atom stereocenters. The Morgan fingerprint density at radius 1 is 1.36 bits per heavy atom. The predicted molar refractivity (Wildman–Crippen MR) is 50.4 cm³/mol. The Hall–Kier alpha value is -0.140. The van der Waals surface area contributed by atoms with E-state index in [2.05, 4.69) is 24.3 Å². The van der Waals surface area contributed by atoms with Crippen LogP contribution >= 0.6 is 23.4 Å². The smallest absolute Gasteiger partial charge is 0.0604 e. The lowest BCUT2D eigenvalue weighted by molar-refractivity contribution is 0.854. The number of benzene rings is 1. The first-order valence-electron chi connectivity index (χ1n) is 3.74. The highest BCUT2D eigenvalue weighted by molar-refractivity contribution is 7.99. The lowest BCUT2D eigenvalue weighted by atomic mass is 10.1. The van der Waals surface area contributed by atoms with Crippen LogP contribution in [0.1, 0.15) is 17.4 Å². The maximum Gasteiger partial charge on any atom is 0.0604 e. The molecule has 0 bridgehead atoms. The van der Waals surface area contributed by atoms with Gasteiger partial charge in [0.15, 0.2) is 0 Å². The molecular formula is C9H9ClS. The summed E-state index contributed by atoms with van der Waals surface area (Å²) in [5.74, 6) is 1.16. The number of fused-ring (bicyclic) bond motifs is 1. The van der Waals surface area contributed by atoms with Gasteiger partial charge in [0.1, 0.15) is 0 Å². The van der Waals surface area contributed by atoms with E-state index in [-0.39, 0.29) is 5.38 Å². The molecule has 1 aliphatic heterocycles. The highest BCUT2D eigenvalue weighted by Gasteiger charge is 2.16. The molecule has 58 valence electrons. The van der Waals surface area contributed by atoms with Crippen molar-refractivity contribution < 1.29 is 0 Å². The molecule has 1 aromatic rings. The number of hydrogen-bond acceptors (Lipinski definition) is 1. The van der Waals surface area contributed by atoms with Gasteiger partial charge in [0.2, 0.25) is 0 Å². The molecule has 2 rings (SSSR count). The average molecular weight is 185 g/mol.